The van der Waals surface area contributed by atoms with Crippen molar-refractivity contribution >= 4 is 50.7 Å². The standard InChI is InChI=1S/C41H38F3N5O5S2.C2HF3O2/c42-41(43,44)32-9-6-8-28(24-32)36-12-5-4-7-31(36)26-47-20-21-48-33(27-47)15-13-29-23-30(14-18-38(29)48)40(50)46-56(53,54)35-16-17-37(39(25-35)49(51)52)45-19-22-55-34-10-2-1-3-11-34;3-2(4,5)1(6)7/h1-12,14,16-18,23-25,33,45H,13,15,19-22,26-27H2,(H,46,50);(H,6,7)/t33-;/m0./s1. The van der Waals surface area contributed by atoms with E-state index < -0.39 is 55.3 Å². The second kappa shape index (κ2) is 19.5. The summed E-state index contributed by atoms with van der Waals surface area (Å²) >= 11 is 1.58. The number of sulfonamides is 1. The van der Waals surface area contributed by atoms with Crippen LogP contribution in [0.5, 0.6) is 0 Å². The molecule has 1 amide bonds. The monoisotopic (exact) mass is 915 g/mol. The first-order chi connectivity index (χ1) is 29.8. The fourth-order valence-electron chi connectivity index (χ4n) is 7.29. The van der Waals surface area contributed by atoms with Crippen LogP contribution < -0.4 is 14.9 Å². The number of amides is 1. The zero-order chi connectivity index (χ0) is 45.5. The van der Waals surface area contributed by atoms with Gasteiger partial charge < -0.3 is 15.3 Å². The van der Waals surface area contributed by atoms with Crippen molar-refractivity contribution in [3.05, 3.63) is 148 Å². The third kappa shape index (κ3) is 11.9. The topological polar surface area (TPSA) is 162 Å². The van der Waals surface area contributed by atoms with Crippen LogP contribution in [-0.4, -0.2) is 79.4 Å². The van der Waals surface area contributed by atoms with Gasteiger partial charge in [-0.05, 0) is 89.7 Å². The molecule has 0 spiro atoms. The van der Waals surface area contributed by atoms with E-state index in [1.807, 2.05) is 60.7 Å². The maximum atomic E-state index is 13.5. The fourth-order valence-corrected chi connectivity index (χ4v) is 9.07. The molecule has 2 aliphatic heterocycles. The number of carboxylic acids is 1. The van der Waals surface area contributed by atoms with Gasteiger partial charge >= 0.3 is 18.3 Å². The molecule has 12 nitrogen and oxygen atoms in total. The van der Waals surface area contributed by atoms with E-state index in [0.29, 0.717) is 43.9 Å². The van der Waals surface area contributed by atoms with Gasteiger partial charge in [0, 0.05) is 66.7 Å². The van der Waals surface area contributed by atoms with Crippen LogP contribution in [-0.2, 0) is 34.0 Å². The van der Waals surface area contributed by atoms with Gasteiger partial charge in [-0.25, -0.2) is 17.9 Å². The highest BCUT2D eigenvalue weighted by Gasteiger charge is 2.38. The zero-order valence-corrected chi connectivity index (χ0v) is 34.7. The molecule has 20 heteroatoms. The number of hydrogen-bond acceptors (Lipinski definition) is 10. The van der Waals surface area contributed by atoms with Gasteiger partial charge in [0.2, 0.25) is 0 Å². The molecule has 332 valence electrons. The Labute approximate surface area is 362 Å². The lowest BCUT2D eigenvalue weighted by atomic mass is 9.92. The number of nitro groups is 1. The number of carboxylic acid groups (broad SMARTS) is 1. The van der Waals surface area contributed by atoms with Crippen LogP contribution in [0, 0.1) is 10.1 Å². The van der Waals surface area contributed by atoms with Crippen molar-refractivity contribution < 1.29 is 54.4 Å². The van der Waals surface area contributed by atoms with E-state index in [0.717, 1.165) is 52.4 Å². The lowest BCUT2D eigenvalue weighted by Crippen LogP contribution is -2.54. The Morgan fingerprint density at radius 2 is 1.59 bits per heavy atom. The molecule has 7 rings (SSSR count). The van der Waals surface area contributed by atoms with E-state index in [4.69, 9.17) is 9.90 Å². The Morgan fingerprint density at radius 1 is 0.873 bits per heavy atom. The lowest BCUT2D eigenvalue weighted by Gasteiger charge is -2.46. The summed E-state index contributed by atoms with van der Waals surface area (Å²) in [7, 11) is -4.45. The Hall–Kier alpha value is -6.12. The number of nitrogens with one attached hydrogen (secondary N) is 2. The quantitative estimate of drug-likeness (QED) is 0.0361. The molecule has 0 radical (unpaired) electrons. The number of carbonyl (C=O) groups excluding carboxylic acids is 1. The minimum absolute atomic E-state index is 0.152. The molecule has 0 aliphatic carbocycles. The summed E-state index contributed by atoms with van der Waals surface area (Å²) in [5, 5.41) is 22.0. The van der Waals surface area contributed by atoms with Crippen molar-refractivity contribution in [3.8, 4) is 11.1 Å². The maximum Gasteiger partial charge on any atom is 0.490 e. The molecule has 1 saturated heterocycles. The molecule has 0 bridgehead atoms. The van der Waals surface area contributed by atoms with Gasteiger partial charge in [-0.3, -0.25) is 19.8 Å². The van der Waals surface area contributed by atoms with Gasteiger partial charge in [-0.15, -0.1) is 11.8 Å². The van der Waals surface area contributed by atoms with E-state index in [2.05, 4.69) is 19.8 Å². The van der Waals surface area contributed by atoms with Crippen LogP contribution >= 0.6 is 11.8 Å². The highest BCUT2D eigenvalue weighted by atomic mass is 32.2. The number of nitro benzene ring substituents is 1. The molecule has 0 saturated carbocycles. The van der Waals surface area contributed by atoms with Crippen LogP contribution in [0.4, 0.5) is 43.4 Å². The molecular formula is C43H39F6N5O7S2. The second-order valence-corrected chi connectivity index (χ2v) is 17.3. The van der Waals surface area contributed by atoms with Crippen LogP contribution in [0.1, 0.15) is 33.5 Å². The molecule has 5 aromatic rings. The van der Waals surface area contributed by atoms with Crippen molar-refractivity contribution in [1.82, 2.24) is 9.62 Å². The molecular weight excluding hydrogens is 877 g/mol. The van der Waals surface area contributed by atoms with Crippen LogP contribution in [0.15, 0.2) is 125 Å². The number of alkyl halides is 6. The number of aliphatic carboxylic acids is 1. The van der Waals surface area contributed by atoms with Crippen molar-refractivity contribution in [2.24, 2.45) is 0 Å². The average molecular weight is 916 g/mol. The summed E-state index contributed by atoms with van der Waals surface area (Å²) in [5.74, 6) is -2.98. The van der Waals surface area contributed by atoms with Crippen molar-refractivity contribution in [3.63, 3.8) is 0 Å². The number of nitrogens with zero attached hydrogens (tertiary/aromatic N) is 3. The van der Waals surface area contributed by atoms with E-state index >= 15 is 0 Å². The molecule has 63 heavy (non-hydrogen) atoms. The number of anilines is 2. The average Bonchev–Trinajstić information content (AvgIpc) is 3.25. The molecule has 2 aliphatic rings. The maximum absolute atomic E-state index is 13.5. The zero-order valence-electron chi connectivity index (χ0n) is 33.0. The van der Waals surface area contributed by atoms with Crippen LogP contribution in [0.2, 0.25) is 0 Å². The van der Waals surface area contributed by atoms with Crippen molar-refractivity contribution in [2.75, 3.05) is 42.1 Å². The number of carbonyl (C=O) groups is 2. The van der Waals surface area contributed by atoms with Gasteiger partial charge in [0.05, 0.1) is 15.4 Å². The Morgan fingerprint density at radius 3 is 2.29 bits per heavy atom. The Balaban J connectivity index is 0.000000871. The van der Waals surface area contributed by atoms with E-state index in [9.17, 15) is 49.7 Å². The van der Waals surface area contributed by atoms with Crippen LogP contribution in [0.25, 0.3) is 11.1 Å². The summed E-state index contributed by atoms with van der Waals surface area (Å²) in [5.41, 5.74) is 3.31. The molecule has 1 atom stereocenters. The summed E-state index contributed by atoms with van der Waals surface area (Å²) in [4.78, 5) is 38.6. The molecule has 2 heterocycles. The number of hydrogen-bond donors (Lipinski definition) is 3. The van der Waals surface area contributed by atoms with Crippen LogP contribution in [0.3, 0.4) is 0 Å². The van der Waals surface area contributed by atoms with Gasteiger partial charge in [-0.1, -0.05) is 54.6 Å². The number of thioether (sulfide) groups is 1. The first kappa shape index (κ1) is 46.4. The SMILES string of the molecule is O=C(NS(=O)(=O)c1ccc(NCCSc2ccccc2)c([N+](=O)[O-])c1)c1ccc2c(c1)CC[C@H]1CN(Cc3ccccc3-c3cccc(C(F)(F)F)c3)CCN21.O=C(O)C(F)(F)F. The van der Waals surface area contributed by atoms with Crippen molar-refractivity contribution in [1.29, 1.82) is 0 Å². The Bertz CT molecular complexity index is 2580. The predicted octanol–water partition coefficient (Wildman–Crippen LogP) is 8.87. The lowest BCUT2D eigenvalue weighted by molar-refractivity contribution is -0.384. The minimum atomic E-state index is -5.08. The number of rotatable bonds is 12. The van der Waals surface area contributed by atoms with E-state index in [1.165, 1.54) is 24.3 Å². The normalized spacial score (nSPS) is 15.3. The minimum Gasteiger partial charge on any atom is -0.475 e. The highest BCUT2D eigenvalue weighted by Crippen LogP contribution is 2.36. The summed E-state index contributed by atoms with van der Waals surface area (Å²) in [6.45, 7) is 3.12. The first-order valence-electron chi connectivity index (χ1n) is 19.2. The van der Waals surface area contributed by atoms with Gasteiger partial charge in [0.15, 0.2) is 0 Å². The van der Waals surface area contributed by atoms with Gasteiger partial charge in [-0.2, -0.15) is 26.3 Å². The third-order valence-corrected chi connectivity index (χ3v) is 12.6. The first-order valence-corrected chi connectivity index (χ1v) is 21.7. The number of halogens is 6. The summed E-state index contributed by atoms with van der Waals surface area (Å²) in [6, 6.07) is 31.4. The largest absolute Gasteiger partial charge is 0.490 e. The molecule has 3 N–H and O–H groups in total. The van der Waals surface area contributed by atoms with E-state index in [-0.39, 0.29) is 17.3 Å². The highest BCUT2D eigenvalue weighted by molar-refractivity contribution is 7.99. The smallest absolute Gasteiger partial charge is 0.475 e. The number of piperazine rings is 1. The van der Waals surface area contributed by atoms with Gasteiger partial charge in [0.1, 0.15) is 5.69 Å². The second-order valence-electron chi connectivity index (χ2n) is 14.5. The van der Waals surface area contributed by atoms with Gasteiger partial charge in [0.25, 0.3) is 21.6 Å². The molecule has 5 aromatic carbocycles. The van der Waals surface area contributed by atoms with E-state index in [1.54, 1.807) is 30.0 Å². The number of aryl methyl sites for hydroxylation is 1. The third-order valence-electron chi connectivity index (χ3n) is 10.3. The molecule has 0 aromatic heterocycles. The number of fused-ring (bicyclic) bond motifs is 3. The summed E-state index contributed by atoms with van der Waals surface area (Å²) < 4.78 is 101. The fraction of sp³-hybridized carbons (Fsp3) is 0.256. The summed E-state index contributed by atoms with van der Waals surface area (Å²) in [6.07, 6.45) is -8.07. The molecule has 0 unspecified atom stereocenters. The van der Waals surface area contributed by atoms with Crippen molar-refractivity contribution in [2.45, 2.75) is 47.6 Å². The predicted molar refractivity (Wildman–Crippen MR) is 225 cm³/mol. The Kier molecular flexibility index (Phi) is 14.4. The molecule has 1 fully saturated rings. The number of benzene rings is 5.